The van der Waals surface area contributed by atoms with Crippen molar-refractivity contribution in [1.29, 1.82) is 0 Å². The van der Waals surface area contributed by atoms with Gasteiger partial charge in [-0.3, -0.25) is 10.2 Å². The Hall–Kier alpha value is -0.560. The first-order valence-corrected chi connectivity index (χ1v) is 8.17. The van der Waals surface area contributed by atoms with Crippen LogP contribution < -0.4 is 16.2 Å². The molecule has 0 aliphatic carbocycles. The minimum absolute atomic E-state index is 0.00137. The van der Waals surface area contributed by atoms with Crippen molar-refractivity contribution in [3.05, 3.63) is 34.3 Å². The van der Waals surface area contributed by atoms with E-state index in [4.69, 9.17) is 0 Å². The molecule has 2 aliphatic heterocycles. The third-order valence-corrected chi connectivity index (χ3v) is 5.53. The summed E-state index contributed by atoms with van der Waals surface area (Å²) >= 11 is 5.25. The Kier molecular flexibility index (Phi) is 3.84. The number of rotatable bonds is 1. The maximum absolute atomic E-state index is 11.8. The zero-order valence-corrected chi connectivity index (χ0v) is 12.9. The number of fused-ring (bicyclic) bond motifs is 1. The van der Waals surface area contributed by atoms with Crippen molar-refractivity contribution >= 4 is 33.6 Å². The highest BCUT2D eigenvalue weighted by atomic mass is 79.9. The molecule has 2 aliphatic rings. The summed E-state index contributed by atoms with van der Waals surface area (Å²) in [6, 6.07) is 8.69. The molecule has 0 bridgehead atoms. The number of benzene rings is 1. The van der Waals surface area contributed by atoms with Crippen molar-refractivity contribution in [2.45, 2.75) is 24.4 Å². The minimum atomic E-state index is 0.00137. The molecule has 1 amide bonds. The van der Waals surface area contributed by atoms with Crippen LogP contribution >= 0.6 is 27.7 Å². The highest BCUT2D eigenvalue weighted by Gasteiger charge is 2.42. The number of carbonyl (C=O) groups excluding carboxylic acids is 1. The van der Waals surface area contributed by atoms with Crippen molar-refractivity contribution in [3.63, 3.8) is 0 Å². The Morgan fingerprint density at radius 1 is 1.37 bits per heavy atom. The SMILES string of the molecule is CC1NNC2NC(=O)CSC(c3cccc(Br)c3)C12. The van der Waals surface area contributed by atoms with Crippen molar-refractivity contribution in [2.75, 3.05) is 5.75 Å². The van der Waals surface area contributed by atoms with Gasteiger partial charge >= 0.3 is 0 Å². The summed E-state index contributed by atoms with van der Waals surface area (Å²) in [7, 11) is 0. The van der Waals surface area contributed by atoms with Crippen molar-refractivity contribution in [2.24, 2.45) is 5.92 Å². The van der Waals surface area contributed by atoms with Crippen LogP contribution in [0.1, 0.15) is 17.7 Å². The van der Waals surface area contributed by atoms with Gasteiger partial charge < -0.3 is 5.32 Å². The highest BCUT2D eigenvalue weighted by molar-refractivity contribution is 9.10. The van der Waals surface area contributed by atoms with Gasteiger partial charge in [-0.05, 0) is 24.6 Å². The summed E-state index contributed by atoms with van der Waals surface area (Å²) in [6.07, 6.45) is 0.00137. The van der Waals surface area contributed by atoms with Crippen LogP contribution in [0.3, 0.4) is 0 Å². The fourth-order valence-corrected chi connectivity index (χ4v) is 4.55. The normalized spacial score (nSPS) is 34.5. The Morgan fingerprint density at radius 2 is 2.21 bits per heavy atom. The molecule has 4 atom stereocenters. The Labute approximate surface area is 125 Å². The molecule has 1 aromatic rings. The smallest absolute Gasteiger partial charge is 0.231 e. The molecule has 2 saturated heterocycles. The number of thioether (sulfide) groups is 1. The number of amides is 1. The van der Waals surface area contributed by atoms with E-state index in [1.54, 1.807) is 11.8 Å². The molecule has 4 unspecified atom stereocenters. The van der Waals surface area contributed by atoms with Crippen LogP contribution in [0, 0.1) is 5.92 Å². The molecular formula is C13H16BrN3OS. The van der Waals surface area contributed by atoms with E-state index in [9.17, 15) is 4.79 Å². The molecule has 4 nitrogen and oxygen atoms in total. The summed E-state index contributed by atoms with van der Waals surface area (Å²) in [5.74, 6) is 0.949. The standard InChI is InChI=1S/C13H16BrN3OS/c1-7-11-12(8-3-2-4-9(14)5-8)19-6-10(18)15-13(11)17-16-7/h2-5,7,11-13,16-17H,6H2,1H3,(H,15,18). The van der Waals surface area contributed by atoms with E-state index in [2.05, 4.69) is 57.2 Å². The number of hydrazine groups is 1. The van der Waals surface area contributed by atoms with Gasteiger partial charge in [-0.2, -0.15) is 0 Å². The highest BCUT2D eigenvalue weighted by Crippen LogP contribution is 2.42. The molecule has 0 spiro atoms. The summed E-state index contributed by atoms with van der Waals surface area (Å²) < 4.78 is 1.08. The Balaban J connectivity index is 1.95. The summed E-state index contributed by atoms with van der Waals surface area (Å²) in [5, 5.41) is 3.35. The third-order valence-electron chi connectivity index (χ3n) is 3.67. The molecule has 102 valence electrons. The second kappa shape index (κ2) is 5.44. The van der Waals surface area contributed by atoms with Crippen LogP contribution in [0.4, 0.5) is 0 Å². The number of nitrogens with one attached hydrogen (secondary N) is 3. The molecule has 6 heteroatoms. The molecule has 0 radical (unpaired) electrons. The zero-order chi connectivity index (χ0) is 13.4. The minimum Gasteiger partial charge on any atom is -0.338 e. The largest absolute Gasteiger partial charge is 0.338 e. The lowest BCUT2D eigenvalue weighted by Gasteiger charge is -2.27. The van der Waals surface area contributed by atoms with Crippen LogP contribution in [0.15, 0.2) is 28.7 Å². The van der Waals surface area contributed by atoms with Gasteiger partial charge in [0.25, 0.3) is 0 Å². The summed E-state index contributed by atoms with van der Waals surface area (Å²) in [5.41, 5.74) is 7.69. The van der Waals surface area contributed by atoms with Gasteiger partial charge in [0.1, 0.15) is 0 Å². The molecule has 3 N–H and O–H groups in total. The van der Waals surface area contributed by atoms with Crippen LogP contribution in [-0.4, -0.2) is 23.9 Å². The monoisotopic (exact) mass is 341 g/mol. The molecular weight excluding hydrogens is 326 g/mol. The molecule has 0 saturated carbocycles. The molecule has 1 aromatic carbocycles. The van der Waals surface area contributed by atoms with E-state index in [0.29, 0.717) is 23.0 Å². The van der Waals surface area contributed by atoms with Gasteiger partial charge in [-0.25, -0.2) is 5.43 Å². The third kappa shape index (κ3) is 2.67. The predicted octanol–water partition coefficient (Wildman–Crippen LogP) is 1.79. The van der Waals surface area contributed by atoms with Gasteiger partial charge in [0.05, 0.1) is 11.9 Å². The molecule has 0 aromatic heterocycles. The first kappa shape index (κ1) is 13.4. The first-order chi connectivity index (χ1) is 9.15. The molecule has 3 rings (SSSR count). The van der Waals surface area contributed by atoms with Crippen LogP contribution in [0.25, 0.3) is 0 Å². The van der Waals surface area contributed by atoms with Gasteiger partial charge in [-0.1, -0.05) is 28.1 Å². The average molecular weight is 342 g/mol. The zero-order valence-electron chi connectivity index (χ0n) is 10.5. The van der Waals surface area contributed by atoms with Crippen molar-refractivity contribution in [1.82, 2.24) is 16.2 Å². The Morgan fingerprint density at radius 3 is 3.00 bits per heavy atom. The quantitative estimate of drug-likeness (QED) is 0.729. The average Bonchev–Trinajstić information content (AvgIpc) is 2.64. The second-order valence-electron chi connectivity index (χ2n) is 4.99. The Bertz CT molecular complexity index is 499. The second-order valence-corrected chi connectivity index (χ2v) is 7.03. The molecule has 2 fully saturated rings. The van der Waals surface area contributed by atoms with E-state index in [0.717, 1.165) is 4.47 Å². The van der Waals surface area contributed by atoms with Gasteiger partial charge in [0.2, 0.25) is 5.91 Å². The number of hydrogen-bond acceptors (Lipinski definition) is 4. The van der Waals surface area contributed by atoms with E-state index >= 15 is 0 Å². The summed E-state index contributed by atoms with van der Waals surface area (Å²) in [4.78, 5) is 11.8. The fraction of sp³-hybridized carbons (Fsp3) is 0.462. The fourth-order valence-electron chi connectivity index (χ4n) is 2.77. The predicted molar refractivity (Wildman–Crippen MR) is 80.5 cm³/mol. The van der Waals surface area contributed by atoms with Crippen LogP contribution in [0.5, 0.6) is 0 Å². The van der Waals surface area contributed by atoms with Crippen molar-refractivity contribution in [3.8, 4) is 0 Å². The molecule has 2 heterocycles. The maximum atomic E-state index is 11.8. The summed E-state index contributed by atoms with van der Waals surface area (Å²) in [6.45, 7) is 2.15. The lowest BCUT2D eigenvalue weighted by Crippen LogP contribution is -2.46. The lowest BCUT2D eigenvalue weighted by atomic mass is 9.91. The van der Waals surface area contributed by atoms with E-state index in [1.165, 1.54) is 5.56 Å². The van der Waals surface area contributed by atoms with Gasteiger partial charge in [0.15, 0.2) is 0 Å². The first-order valence-electron chi connectivity index (χ1n) is 6.32. The topological polar surface area (TPSA) is 53.2 Å². The van der Waals surface area contributed by atoms with Crippen LogP contribution in [-0.2, 0) is 4.79 Å². The van der Waals surface area contributed by atoms with Crippen LogP contribution in [0.2, 0.25) is 0 Å². The van der Waals surface area contributed by atoms with Gasteiger partial charge in [0, 0.05) is 21.7 Å². The lowest BCUT2D eigenvalue weighted by molar-refractivity contribution is -0.119. The molecule has 19 heavy (non-hydrogen) atoms. The number of hydrogen-bond donors (Lipinski definition) is 3. The number of halogens is 1. The number of carbonyl (C=O) groups is 1. The van der Waals surface area contributed by atoms with E-state index < -0.39 is 0 Å². The maximum Gasteiger partial charge on any atom is 0.231 e. The van der Waals surface area contributed by atoms with Gasteiger partial charge in [-0.15, -0.1) is 11.8 Å². The van der Waals surface area contributed by atoms with Crippen molar-refractivity contribution < 1.29 is 4.79 Å². The van der Waals surface area contributed by atoms with E-state index in [1.807, 2.05) is 6.07 Å². The van der Waals surface area contributed by atoms with E-state index in [-0.39, 0.29) is 12.1 Å².